The van der Waals surface area contributed by atoms with Crippen LogP contribution in [0.25, 0.3) is 0 Å². The number of hydrogen-bond donors (Lipinski definition) is 0. The molecule has 1 fully saturated rings. The molecule has 2 rings (SSSR count). The molecule has 0 aromatic carbocycles. The van der Waals surface area contributed by atoms with Crippen LogP contribution in [0.2, 0.25) is 0 Å². The summed E-state index contributed by atoms with van der Waals surface area (Å²) in [5.74, 6) is 0.963. The fourth-order valence-electron chi connectivity index (χ4n) is 2.18. The van der Waals surface area contributed by atoms with Gasteiger partial charge >= 0.3 is 0 Å². The van der Waals surface area contributed by atoms with Crippen LogP contribution in [0.5, 0.6) is 0 Å². The molecule has 0 aliphatic carbocycles. The van der Waals surface area contributed by atoms with Crippen LogP contribution in [-0.2, 0) is 13.1 Å². The van der Waals surface area contributed by atoms with Crippen molar-refractivity contribution < 1.29 is 0 Å². The molecule has 0 spiro atoms. The number of nitrogens with zero attached hydrogens (tertiary/aromatic N) is 5. The van der Waals surface area contributed by atoms with E-state index >= 15 is 0 Å². The number of piperidine rings is 1. The van der Waals surface area contributed by atoms with E-state index in [2.05, 4.69) is 28.0 Å². The molecule has 5 nitrogen and oxygen atoms in total. The topological polar surface area (TPSA) is 57.7 Å². The highest BCUT2D eigenvalue weighted by atomic mass is 15.3. The largest absolute Gasteiger partial charge is 0.281 e. The number of rotatable bonds is 3. The Morgan fingerprint density at radius 2 is 2.44 bits per heavy atom. The van der Waals surface area contributed by atoms with E-state index in [0.717, 1.165) is 38.3 Å². The molecule has 0 saturated carbocycles. The molecule has 1 saturated heterocycles. The van der Waals surface area contributed by atoms with Gasteiger partial charge in [-0.3, -0.25) is 4.90 Å². The summed E-state index contributed by atoms with van der Waals surface area (Å²) in [5, 5.41) is 13.2. The molecule has 0 amide bonds. The van der Waals surface area contributed by atoms with Gasteiger partial charge in [-0.2, -0.15) is 10.4 Å². The summed E-state index contributed by atoms with van der Waals surface area (Å²) in [6.07, 6.45) is 4.91. The summed E-state index contributed by atoms with van der Waals surface area (Å²) < 4.78 is 1.89. The summed E-state index contributed by atoms with van der Waals surface area (Å²) in [6, 6.07) is 2.42. The van der Waals surface area contributed by atoms with Gasteiger partial charge in [-0.15, -0.1) is 0 Å². The van der Waals surface area contributed by atoms with Crippen molar-refractivity contribution in [3.05, 3.63) is 12.2 Å². The van der Waals surface area contributed by atoms with Crippen LogP contribution >= 0.6 is 0 Å². The standard InChI is InChI=1S/C11H17N5/c1-2-16-11(13-9-14-16)8-15-6-4-3-5-10(15)7-12/h9-10H,2-6,8H2,1H3. The van der Waals surface area contributed by atoms with Gasteiger partial charge in [0.05, 0.1) is 18.7 Å². The van der Waals surface area contributed by atoms with E-state index in [1.54, 1.807) is 6.33 Å². The third-order valence-electron chi connectivity index (χ3n) is 3.10. The van der Waals surface area contributed by atoms with Crippen LogP contribution in [0, 0.1) is 11.3 Å². The van der Waals surface area contributed by atoms with Crippen LogP contribution in [0.4, 0.5) is 0 Å². The van der Waals surface area contributed by atoms with E-state index in [1.165, 1.54) is 6.42 Å². The first-order valence-corrected chi connectivity index (χ1v) is 5.85. The third-order valence-corrected chi connectivity index (χ3v) is 3.10. The van der Waals surface area contributed by atoms with Crippen LogP contribution in [-0.4, -0.2) is 32.3 Å². The maximum atomic E-state index is 9.08. The van der Waals surface area contributed by atoms with E-state index in [1.807, 2.05) is 4.68 Å². The van der Waals surface area contributed by atoms with Gasteiger partial charge in [-0.05, 0) is 32.7 Å². The second-order valence-electron chi connectivity index (χ2n) is 4.10. The van der Waals surface area contributed by atoms with E-state index < -0.39 is 0 Å². The summed E-state index contributed by atoms with van der Waals surface area (Å²) >= 11 is 0. The Hall–Kier alpha value is -1.41. The van der Waals surface area contributed by atoms with E-state index in [-0.39, 0.29) is 6.04 Å². The van der Waals surface area contributed by atoms with Crippen molar-refractivity contribution in [1.29, 1.82) is 5.26 Å². The second kappa shape index (κ2) is 5.08. The highest BCUT2D eigenvalue weighted by molar-refractivity contribution is 4.96. The average molecular weight is 219 g/mol. The lowest BCUT2D eigenvalue weighted by Gasteiger charge is -2.30. The molecule has 1 aliphatic heterocycles. The van der Waals surface area contributed by atoms with Gasteiger partial charge in [0.15, 0.2) is 0 Å². The molecule has 1 aromatic rings. The molecular weight excluding hydrogens is 202 g/mol. The van der Waals surface area contributed by atoms with Crippen molar-refractivity contribution in [2.24, 2.45) is 0 Å². The van der Waals surface area contributed by atoms with E-state index in [0.29, 0.717) is 0 Å². The number of likely N-dealkylation sites (tertiary alicyclic amines) is 1. The molecular formula is C11H17N5. The number of nitriles is 1. The smallest absolute Gasteiger partial charge is 0.141 e. The highest BCUT2D eigenvalue weighted by Gasteiger charge is 2.23. The maximum Gasteiger partial charge on any atom is 0.141 e. The van der Waals surface area contributed by atoms with Gasteiger partial charge < -0.3 is 0 Å². The quantitative estimate of drug-likeness (QED) is 0.766. The third kappa shape index (κ3) is 2.22. The maximum absolute atomic E-state index is 9.08. The first-order chi connectivity index (χ1) is 7.85. The van der Waals surface area contributed by atoms with Gasteiger partial charge in [0.25, 0.3) is 0 Å². The lowest BCUT2D eigenvalue weighted by Crippen LogP contribution is -2.38. The lowest BCUT2D eigenvalue weighted by molar-refractivity contribution is 0.169. The Morgan fingerprint density at radius 1 is 1.56 bits per heavy atom. The van der Waals surface area contributed by atoms with Gasteiger partial charge in [-0.25, -0.2) is 9.67 Å². The Kier molecular flexibility index (Phi) is 3.52. The zero-order valence-electron chi connectivity index (χ0n) is 9.63. The number of hydrogen-bond acceptors (Lipinski definition) is 4. The van der Waals surface area contributed by atoms with Crippen LogP contribution in [0.1, 0.15) is 32.0 Å². The first kappa shape index (κ1) is 11.1. The normalized spacial score (nSPS) is 21.9. The Bertz CT molecular complexity index is 378. The molecule has 86 valence electrons. The molecule has 5 heteroatoms. The second-order valence-corrected chi connectivity index (χ2v) is 4.10. The minimum atomic E-state index is 0.0516. The molecule has 1 aromatic heterocycles. The van der Waals surface area contributed by atoms with Crippen molar-refractivity contribution in [3.63, 3.8) is 0 Å². The zero-order valence-corrected chi connectivity index (χ0v) is 9.63. The first-order valence-electron chi connectivity index (χ1n) is 5.85. The van der Waals surface area contributed by atoms with E-state index in [4.69, 9.17) is 5.26 Å². The molecule has 16 heavy (non-hydrogen) atoms. The van der Waals surface area contributed by atoms with Gasteiger partial charge in [0, 0.05) is 6.54 Å². The lowest BCUT2D eigenvalue weighted by atomic mass is 10.0. The van der Waals surface area contributed by atoms with Gasteiger partial charge in [0.1, 0.15) is 12.2 Å². The number of aromatic nitrogens is 3. The molecule has 0 radical (unpaired) electrons. The molecule has 1 atom stereocenters. The summed E-state index contributed by atoms with van der Waals surface area (Å²) in [5.41, 5.74) is 0. The molecule has 0 N–H and O–H groups in total. The SMILES string of the molecule is CCn1ncnc1CN1CCCCC1C#N. The van der Waals surface area contributed by atoms with Crippen molar-refractivity contribution in [3.8, 4) is 6.07 Å². The van der Waals surface area contributed by atoms with Crippen molar-refractivity contribution in [2.45, 2.75) is 45.3 Å². The van der Waals surface area contributed by atoms with Crippen LogP contribution < -0.4 is 0 Å². The van der Waals surface area contributed by atoms with Crippen LogP contribution in [0.3, 0.4) is 0 Å². The summed E-state index contributed by atoms with van der Waals surface area (Å²) in [4.78, 5) is 6.46. The highest BCUT2D eigenvalue weighted by Crippen LogP contribution is 2.18. The minimum Gasteiger partial charge on any atom is -0.281 e. The molecule has 1 unspecified atom stereocenters. The Balaban J connectivity index is 2.05. The van der Waals surface area contributed by atoms with Crippen molar-refractivity contribution in [2.75, 3.05) is 6.54 Å². The summed E-state index contributed by atoms with van der Waals surface area (Å²) in [7, 11) is 0. The predicted octanol–water partition coefficient (Wildman–Crippen LogP) is 1.18. The average Bonchev–Trinajstić information content (AvgIpc) is 2.77. The van der Waals surface area contributed by atoms with Crippen molar-refractivity contribution in [1.82, 2.24) is 19.7 Å². The minimum absolute atomic E-state index is 0.0516. The monoisotopic (exact) mass is 219 g/mol. The summed E-state index contributed by atoms with van der Waals surface area (Å²) in [6.45, 7) is 4.62. The molecule has 1 aliphatic rings. The van der Waals surface area contributed by atoms with E-state index in [9.17, 15) is 0 Å². The fraction of sp³-hybridized carbons (Fsp3) is 0.727. The van der Waals surface area contributed by atoms with Gasteiger partial charge in [0.2, 0.25) is 0 Å². The predicted molar refractivity (Wildman–Crippen MR) is 59.4 cm³/mol. The van der Waals surface area contributed by atoms with Crippen molar-refractivity contribution >= 4 is 0 Å². The Morgan fingerprint density at radius 3 is 3.19 bits per heavy atom. The van der Waals surface area contributed by atoms with Crippen LogP contribution in [0.15, 0.2) is 6.33 Å². The Labute approximate surface area is 95.7 Å². The number of aryl methyl sites for hydroxylation is 1. The molecule has 2 heterocycles. The zero-order chi connectivity index (χ0) is 11.4. The molecule has 0 bridgehead atoms. The fourth-order valence-corrected chi connectivity index (χ4v) is 2.18. The van der Waals surface area contributed by atoms with Gasteiger partial charge in [-0.1, -0.05) is 0 Å².